The highest BCUT2D eigenvalue weighted by Gasteiger charge is 2.09. The number of anilines is 1. The lowest BCUT2D eigenvalue weighted by atomic mass is 10.2. The largest absolute Gasteiger partial charge is 0.355 e. The van der Waals surface area contributed by atoms with Gasteiger partial charge in [-0.1, -0.05) is 30.3 Å². The Kier molecular flexibility index (Phi) is 3.52. The number of benzene rings is 1. The SMILES string of the molecule is CN(Cc1ccccc1)c1cc([N+](=O)[O-])ccn1. The van der Waals surface area contributed by atoms with Gasteiger partial charge in [0, 0.05) is 25.9 Å². The fourth-order valence-corrected chi connectivity index (χ4v) is 1.67. The lowest BCUT2D eigenvalue weighted by Crippen LogP contribution is -2.17. The van der Waals surface area contributed by atoms with E-state index in [2.05, 4.69) is 4.98 Å². The molecule has 0 N–H and O–H groups in total. The predicted octanol–water partition coefficient (Wildman–Crippen LogP) is 2.63. The molecule has 0 unspecified atom stereocenters. The standard InChI is InChI=1S/C13H13N3O2/c1-15(10-11-5-3-2-4-6-11)13-9-12(16(17)18)7-8-14-13/h2-9H,10H2,1H3. The molecule has 18 heavy (non-hydrogen) atoms. The smallest absolute Gasteiger partial charge is 0.274 e. The normalized spacial score (nSPS) is 10.1. The summed E-state index contributed by atoms with van der Waals surface area (Å²) in [6.07, 6.45) is 1.45. The van der Waals surface area contributed by atoms with Gasteiger partial charge in [-0.05, 0) is 5.56 Å². The highest BCUT2D eigenvalue weighted by atomic mass is 16.6. The summed E-state index contributed by atoms with van der Waals surface area (Å²) >= 11 is 0. The van der Waals surface area contributed by atoms with Gasteiger partial charge in [-0.15, -0.1) is 0 Å². The van der Waals surface area contributed by atoms with Crippen molar-refractivity contribution in [2.45, 2.75) is 6.54 Å². The first-order valence-corrected chi connectivity index (χ1v) is 5.52. The van der Waals surface area contributed by atoms with E-state index in [1.54, 1.807) is 0 Å². The molecule has 5 nitrogen and oxygen atoms in total. The molecule has 0 radical (unpaired) electrons. The van der Waals surface area contributed by atoms with Gasteiger partial charge in [0.15, 0.2) is 0 Å². The van der Waals surface area contributed by atoms with Crippen LogP contribution in [0.2, 0.25) is 0 Å². The number of nitrogens with zero attached hydrogens (tertiary/aromatic N) is 3. The first-order chi connectivity index (χ1) is 8.66. The van der Waals surface area contributed by atoms with Crippen LogP contribution in [0.5, 0.6) is 0 Å². The molecule has 0 amide bonds. The van der Waals surface area contributed by atoms with Crippen LogP contribution in [0.4, 0.5) is 11.5 Å². The lowest BCUT2D eigenvalue weighted by molar-refractivity contribution is -0.384. The Morgan fingerprint density at radius 2 is 2.00 bits per heavy atom. The van der Waals surface area contributed by atoms with Crippen LogP contribution in [-0.2, 0) is 6.54 Å². The molecule has 0 saturated carbocycles. The molecule has 1 aromatic carbocycles. The topological polar surface area (TPSA) is 59.3 Å². The third-order valence-corrected chi connectivity index (χ3v) is 2.59. The van der Waals surface area contributed by atoms with Gasteiger partial charge in [0.1, 0.15) is 5.82 Å². The van der Waals surface area contributed by atoms with Gasteiger partial charge >= 0.3 is 0 Å². The van der Waals surface area contributed by atoms with Crippen LogP contribution in [0.25, 0.3) is 0 Å². The minimum atomic E-state index is -0.415. The number of aromatic nitrogens is 1. The summed E-state index contributed by atoms with van der Waals surface area (Å²) < 4.78 is 0. The first-order valence-electron chi connectivity index (χ1n) is 5.52. The summed E-state index contributed by atoms with van der Waals surface area (Å²) in [7, 11) is 1.86. The van der Waals surface area contributed by atoms with Crippen molar-refractivity contribution in [3.05, 3.63) is 64.3 Å². The van der Waals surface area contributed by atoms with Gasteiger partial charge in [-0.2, -0.15) is 0 Å². The van der Waals surface area contributed by atoms with Crippen molar-refractivity contribution in [2.75, 3.05) is 11.9 Å². The molecule has 1 aromatic heterocycles. The Morgan fingerprint density at radius 1 is 1.28 bits per heavy atom. The Balaban J connectivity index is 2.16. The van der Waals surface area contributed by atoms with E-state index in [-0.39, 0.29) is 5.69 Å². The molecule has 0 spiro atoms. The summed E-state index contributed by atoms with van der Waals surface area (Å²) in [6.45, 7) is 0.662. The Morgan fingerprint density at radius 3 is 2.67 bits per heavy atom. The van der Waals surface area contributed by atoms with Crippen molar-refractivity contribution in [1.82, 2.24) is 4.98 Å². The molecule has 0 fully saturated rings. The maximum absolute atomic E-state index is 10.7. The molecule has 0 aliphatic carbocycles. The average molecular weight is 243 g/mol. The molecule has 2 aromatic rings. The number of pyridine rings is 1. The van der Waals surface area contributed by atoms with E-state index in [9.17, 15) is 10.1 Å². The van der Waals surface area contributed by atoms with Crippen LogP contribution in [0.1, 0.15) is 5.56 Å². The minimum Gasteiger partial charge on any atom is -0.355 e. The zero-order valence-electron chi connectivity index (χ0n) is 9.98. The maximum Gasteiger partial charge on any atom is 0.274 e. The maximum atomic E-state index is 10.7. The third kappa shape index (κ3) is 2.82. The van der Waals surface area contributed by atoms with E-state index in [1.807, 2.05) is 42.3 Å². The minimum absolute atomic E-state index is 0.0555. The van der Waals surface area contributed by atoms with Crippen molar-refractivity contribution in [3.63, 3.8) is 0 Å². The van der Waals surface area contributed by atoms with Crippen LogP contribution in [0.15, 0.2) is 48.7 Å². The van der Waals surface area contributed by atoms with Gasteiger partial charge in [0.25, 0.3) is 5.69 Å². The van der Waals surface area contributed by atoms with Crippen LogP contribution in [-0.4, -0.2) is 17.0 Å². The molecule has 2 rings (SSSR count). The summed E-state index contributed by atoms with van der Waals surface area (Å²) in [4.78, 5) is 16.3. The second kappa shape index (κ2) is 5.27. The zero-order chi connectivity index (χ0) is 13.0. The zero-order valence-corrected chi connectivity index (χ0v) is 9.98. The average Bonchev–Trinajstić information content (AvgIpc) is 2.40. The van der Waals surface area contributed by atoms with Gasteiger partial charge < -0.3 is 4.90 Å². The number of nitro groups is 1. The van der Waals surface area contributed by atoms with E-state index in [1.165, 1.54) is 18.3 Å². The fourth-order valence-electron chi connectivity index (χ4n) is 1.67. The van der Waals surface area contributed by atoms with Crippen molar-refractivity contribution < 1.29 is 4.92 Å². The van der Waals surface area contributed by atoms with E-state index in [4.69, 9.17) is 0 Å². The highest BCUT2D eigenvalue weighted by Crippen LogP contribution is 2.18. The highest BCUT2D eigenvalue weighted by molar-refractivity contribution is 5.46. The second-order valence-electron chi connectivity index (χ2n) is 3.97. The molecule has 0 aliphatic heterocycles. The summed E-state index contributed by atoms with van der Waals surface area (Å²) in [6, 6.07) is 12.8. The summed E-state index contributed by atoms with van der Waals surface area (Å²) in [5.74, 6) is 0.591. The Bertz CT molecular complexity index is 543. The molecule has 0 saturated heterocycles. The molecule has 0 aliphatic rings. The van der Waals surface area contributed by atoms with Gasteiger partial charge in [-0.25, -0.2) is 4.98 Å². The van der Waals surface area contributed by atoms with Crippen LogP contribution in [0, 0.1) is 10.1 Å². The van der Waals surface area contributed by atoms with E-state index in [0.29, 0.717) is 12.4 Å². The Hall–Kier alpha value is -2.43. The van der Waals surface area contributed by atoms with Crippen molar-refractivity contribution >= 4 is 11.5 Å². The number of hydrogen-bond donors (Lipinski definition) is 0. The van der Waals surface area contributed by atoms with Crippen molar-refractivity contribution in [2.24, 2.45) is 0 Å². The molecule has 0 atom stereocenters. The fraction of sp³-hybridized carbons (Fsp3) is 0.154. The van der Waals surface area contributed by atoms with Crippen LogP contribution in [0.3, 0.4) is 0 Å². The molecule has 1 heterocycles. The molecule has 0 bridgehead atoms. The predicted molar refractivity (Wildman–Crippen MR) is 69.4 cm³/mol. The summed E-state index contributed by atoms with van der Waals surface area (Å²) in [5.41, 5.74) is 1.19. The summed E-state index contributed by atoms with van der Waals surface area (Å²) in [5, 5.41) is 10.7. The Labute approximate surface area is 105 Å². The molecule has 5 heteroatoms. The van der Waals surface area contributed by atoms with Gasteiger partial charge in [0.05, 0.1) is 11.0 Å². The number of hydrogen-bond acceptors (Lipinski definition) is 4. The van der Waals surface area contributed by atoms with Gasteiger partial charge in [0.2, 0.25) is 0 Å². The van der Waals surface area contributed by atoms with Gasteiger partial charge in [-0.3, -0.25) is 10.1 Å². The monoisotopic (exact) mass is 243 g/mol. The van der Waals surface area contributed by atoms with Crippen molar-refractivity contribution in [3.8, 4) is 0 Å². The van der Waals surface area contributed by atoms with E-state index >= 15 is 0 Å². The lowest BCUT2D eigenvalue weighted by Gasteiger charge is -2.17. The molecular weight excluding hydrogens is 230 g/mol. The third-order valence-electron chi connectivity index (χ3n) is 2.59. The van der Waals surface area contributed by atoms with E-state index < -0.39 is 4.92 Å². The van der Waals surface area contributed by atoms with Crippen LogP contribution < -0.4 is 4.90 Å². The number of rotatable bonds is 4. The first kappa shape index (κ1) is 12.0. The van der Waals surface area contributed by atoms with E-state index in [0.717, 1.165) is 5.56 Å². The quantitative estimate of drug-likeness (QED) is 0.611. The second-order valence-corrected chi connectivity index (χ2v) is 3.97. The molecule has 92 valence electrons. The molecular formula is C13H13N3O2. The van der Waals surface area contributed by atoms with Crippen molar-refractivity contribution in [1.29, 1.82) is 0 Å². The van der Waals surface area contributed by atoms with Crippen LogP contribution >= 0.6 is 0 Å².